The Bertz CT molecular complexity index is 839. The highest BCUT2D eigenvalue weighted by Gasteiger charge is 2.28. The third kappa shape index (κ3) is 4.91. The maximum absolute atomic E-state index is 12.7. The number of rotatable bonds is 5. The van der Waals surface area contributed by atoms with Gasteiger partial charge in [-0.2, -0.15) is 0 Å². The van der Waals surface area contributed by atoms with E-state index >= 15 is 0 Å². The average molecular weight is 380 g/mol. The summed E-state index contributed by atoms with van der Waals surface area (Å²) in [6.07, 6.45) is 1.36. The third-order valence-electron chi connectivity index (χ3n) is 4.93. The average Bonchev–Trinajstić information content (AvgIpc) is 2.68. The molecule has 1 saturated heterocycles. The topological polar surface area (TPSA) is 58.6 Å². The molecule has 1 aliphatic heterocycles. The van der Waals surface area contributed by atoms with Crippen LogP contribution in [0, 0.1) is 12.8 Å². The second kappa shape index (κ2) is 8.91. The van der Waals surface area contributed by atoms with E-state index in [-0.39, 0.29) is 23.8 Å². The van der Waals surface area contributed by atoms with Crippen LogP contribution in [0.15, 0.2) is 48.5 Å². The van der Waals surface area contributed by atoms with Gasteiger partial charge in [-0.25, -0.2) is 0 Å². The number of nitrogens with zero attached hydrogens (tertiary/aromatic N) is 1. The number of hydrogen-bond donors (Lipinski definition) is 1. The van der Waals surface area contributed by atoms with Crippen molar-refractivity contribution >= 4 is 17.5 Å². The smallest absolute Gasteiger partial charge is 0.253 e. The highest BCUT2D eigenvalue weighted by Crippen LogP contribution is 2.27. The molecule has 1 aliphatic rings. The number of para-hydroxylation sites is 2. The molecule has 0 aromatic heterocycles. The van der Waals surface area contributed by atoms with Gasteiger partial charge in [0.15, 0.2) is 0 Å². The Balaban J connectivity index is 1.58. The number of piperidine rings is 1. The van der Waals surface area contributed by atoms with Crippen molar-refractivity contribution in [3.05, 3.63) is 59.7 Å². The first-order valence-corrected chi connectivity index (χ1v) is 9.86. The summed E-state index contributed by atoms with van der Waals surface area (Å²) in [7, 11) is 0. The van der Waals surface area contributed by atoms with Crippen LogP contribution < -0.4 is 10.1 Å². The molecular weight excluding hydrogens is 352 g/mol. The molecule has 28 heavy (non-hydrogen) atoms. The zero-order valence-electron chi connectivity index (χ0n) is 16.8. The summed E-state index contributed by atoms with van der Waals surface area (Å²) in [6.45, 7) is 7.08. The van der Waals surface area contributed by atoms with Crippen LogP contribution in [0.4, 0.5) is 5.69 Å². The van der Waals surface area contributed by atoms with Crippen LogP contribution in [0.1, 0.15) is 42.6 Å². The standard InChI is InChI=1S/C23H28N2O3/c1-16(2)28-21-10-5-4-9-20(21)24-22(26)18-11-13-25(14-12-18)23(27)19-8-6-7-17(3)15-19/h4-10,15-16,18H,11-14H2,1-3H3,(H,24,26). The van der Waals surface area contributed by atoms with Crippen molar-refractivity contribution in [2.45, 2.75) is 39.7 Å². The van der Waals surface area contributed by atoms with Gasteiger partial charge in [0.1, 0.15) is 5.75 Å². The van der Waals surface area contributed by atoms with E-state index in [4.69, 9.17) is 4.74 Å². The van der Waals surface area contributed by atoms with Gasteiger partial charge >= 0.3 is 0 Å². The Morgan fingerprint density at radius 3 is 2.46 bits per heavy atom. The van der Waals surface area contributed by atoms with E-state index in [1.54, 1.807) is 0 Å². The number of aryl methyl sites for hydroxylation is 1. The lowest BCUT2D eigenvalue weighted by atomic mass is 9.95. The van der Waals surface area contributed by atoms with E-state index in [2.05, 4.69) is 5.32 Å². The Labute approximate surface area is 166 Å². The Morgan fingerprint density at radius 1 is 1.07 bits per heavy atom. The summed E-state index contributed by atoms with van der Waals surface area (Å²) in [6, 6.07) is 15.1. The summed E-state index contributed by atoms with van der Waals surface area (Å²) < 4.78 is 5.77. The molecule has 1 fully saturated rings. The summed E-state index contributed by atoms with van der Waals surface area (Å²) in [4.78, 5) is 27.2. The van der Waals surface area contributed by atoms with E-state index in [1.165, 1.54) is 0 Å². The van der Waals surface area contributed by atoms with E-state index in [0.29, 0.717) is 42.9 Å². The number of anilines is 1. The minimum atomic E-state index is -0.103. The van der Waals surface area contributed by atoms with Crippen molar-refractivity contribution in [1.29, 1.82) is 0 Å². The van der Waals surface area contributed by atoms with Crippen molar-refractivity contribution in [3.8, 4) is 5.75 Å². The van der Waals surface area contributed by atoms with E-state index in [9.17, 15) is 9.59 Å². The first kappa shape index (κ1) is 19.9. The molecule has 5 heteroatoms. The number of carbonyl (C=O) groups excluding carboxylic acids is 2. The van der Waals surface area contributed by atoms with Gasteiger partial charge in [0.25, 0.3) is 5.91 Å². The number of nitrogens with one attached hydrogen (secondary N) is 1. The second-order valence-corrected chi connectivity index (χ2v) is 7.59. The fraction of sp³-hybridized carbons (Fsp3) is 0.391. The van der Waals surface area contributed by atoms with Crippen molar-refractivity contribution in [2.24, 2.45) is 5.92 Å². The van der Waals surface area contributed by atoms with E-state index in [1.807, 2.05) is 74.2 Å². The lowest BCUT2D eigenvalue weighted by molar-refractivity contribution is -0.121. The molecular formula is C23H28N2O3. The predicted molar refractivity (Wildman–Crippen MR) is 111 cm³/mol. The zero-order chi connectivity index (χ0) is 20.1. The summed E-state index contributed by atoms with van der Waals surface area (Å²) >= 11 is 0. The van der Waals surface area contributed by atoms with Crippen LogP contribution in [0.2, 0.25) is 0 Å². The summed E-state index contributed by atoms with van der Waals surface area (Å²) in [5.74, 6) is 0.604. The lowest BCUT2D eigenvalue weighted by Crippen LogP contribution is -2.41. The maximum Gasteiger partial charge on any atom is 0.253 e. The molecule has 0 bridgehead atoms. The monoisotopic (exact) mass is 380 g/mol. The van der Waals surface area contributed by atoms with Crippen molar-refractivity contribution in [1.82, 2.24) is 4.90 Å². The van der Waals surface area contributed by atoms with Gasteiger partial charge in [0.2, 0.25) is 5.91 Å². The molecule has 3 rings (SSSR count). The molecule has 2 amide bonds. The Hall–Kier alpha value is -2.82. The van der Waals surface area contributed by atoms with Gasteiger partial charge in [-0.05, 0) is 57.9 Å². The lowest BCUT2D eigenvalue weighted by Gasteiger charge is -2.31. The number of benzene rings is 2. The van der Waals surface area contributed by atoms with Gasteiger partial charge < -0.3 is 15.0 Å². The van der Waals surface area contributed by atoms with Crippen LogP contribution in [-0.4, -0.2) is 35.9 Å². The molecule has 1 N–H and O–H groups in total. The van der Waals surface area contributed by atoms with Gasteiger partial charge in [-0.1, -0.05) is 29.8 Å². The number of carbonyl (C=O) groups is 2. The fourth-order valence-corrected chi connectivity index (χ4v) is 3.47. The number of amides is 2. The quantitative estimate of drug-likeness (QED) is 0.843. The van der Waals surface area contributed by atoms with Crippen LogP contribution >= 0.6 is 0 Å². The molecule has 0 unspecified atom stereocenters. The molecule has 0 radical (unpaired) electrons. The first-order valence-electron chi connectivity index (χ1n) is 9.86. The largest absolute Gasteiger partial charge is 0.489 e. The molecule has 2 aromatic rings. The predicted octanol–water partition coefficient (Wildman–Crippen LogP) is 4.27. The van der Waals surface area contributed by atoms with Gasteiger partial charge in [-0.15, -0.1) is 0 Å². The highest BCUT2D eigenvalue weighted by molar-refractivity contribution is 5.96. The van der Waals surface area contributed by atoms with Crippen LogP contribution in [0.5, 0.6) is 5.75 Å². The fourth-order valence-electron chi connectivity index (χ4n) is 3.47. The number of hydrogen-bond acceptors (Lipinski definition) is 3. The van der Waals surface area contributed by atoms with Crippen LogP contribution in [0.3, 0.4) is 0 Å². The molecule has 0 atom stereocenters. The van der Waals surface area contributed by atoms with E-state index in [0.717, 1.165) is 5.56 Å². The minimum absolute atomic E-state index is 0.0116. The normalized spacial score (nSPS) is 14.8. The number of ether oxygens (including phenoxy) is 1. The summed E-state index contributed by atoms with van der Waals surface area (Å²) in [5.41, 5.74) is 2.48. The molecule has 2 aromatic carbocycles. The molecule has 0 aliphatic carbocycles. The molecule has 1 heterocycles. The van der Waals surface area contributed by atoms with Gasteiger partial charge in [-0.3, -0.25) is 9.59 Å². The molecule has 0 saturated carbocycles. The van der Waals surface area contributed by atoms with Crippen molar-refractivity contribution < 1.29 is 14.3 Å². The number of likely N-dealkylation sites (tertiary alicyclic amines) is 1. The van der Waals surface area contributed by atoms with E-state index < -0.39 is 0 Å². The molecule has 0 spiro atoms. The SMILES string of the molecule is Cc1cccc(C(=O)N2CCC(C(=O)Nc3ccccc3OC(C)C)CC2)c1. The van der Waals surface area contributed by atoms with Gasteiger partial charge in [0.05, 0.1) is 11.8 Å². The van der Waals surface area contributed by atoms with Crippen LogP contribution in [0.25, 0.3) is 0 Å². The maximum atomic E-state index is 12.7. The van der Waals surface area contributed by atoms with Crippen molar-refractivity contribution in [3.63, 3.8) is 0 Å². The summed E-state index contributed by atoms with van der Waals surface area (Å²) in [5, 5.41) is 3.00. The zero-order valence-corrected chi connectivity index (χ0v) is 16.8. The second-order valence-electron chi connectivity index (χ2n) is 7.59. The van der Waals surface area contributed by atoms with Gasteiger partial charge in [0, 0.05) is 24.6 Å². The Morgan fingerprint density at radius 2 is 1.79 bits per heavy atom. The minimum Gasteiger partial charge on any atom is -0.489 e. The van der Waals surface area contributed by atoms with Crippen LogP contribution in [-0.2, 0) is 4.79 Å². The Kier molecular flexibility index (Phi) is 6.34. The highest BCUT2D eigenvalue weighted by atomic mass is 16.5. The first-order chi connectivity index (χ1) is 13.4. The van der Waals surface area contributed by atoms with Crippen molar-refractivity contribution in [2.75, 3.05) is 18.4 Å². The molecule has 5 nitrogen and oxygen atoms in total. The molecule has 148 valence electrons. The third-order valence-corrected chi connectivity index (χ3v) is 4.93.